The molecule has 4 rings (SSSR count). The molecule has 0 aromatic carbocycles. The molecule has 0 N–H and O–H groups in total. The zero-order valence-electron chi connectivity index (χ0n) is 12.7. The summed E-state index contributed by atoms with van der Waals surface area (Å²) in [5, 5.41) is 7.37. The number of rotatable bonds is 6. The second-order valence-electron chi connectivity index (χ2n) is 6.06. The Balaban J connectivity index is 1.45. The van der Waals surface area contributed by atoms with E-state index >= 15 is 0 Å². The molecule has 3 heterocycles. The van der Waals surface area contributed by atoms with Crippen LogP contribution in [0.1, 0.15) is 60.1 Å². The molecule has 0 spiro atoms. The van der Waals surface area contributed by atoms with E-state index in [1.165, 1.54) is 19.3 Å². The third-order valence-corrected chi connectivity index (χ3v) is 5.15. The number of thiazole rings is 1. The fraction of sp³-hybridized carbons (Fsp3) is 0.667. The third kappa shape index (κ3) is 2.93. The molecule has 118 valence electrons. The Morgan fingerprint density at radius 1 is 1.36 bits per heavy atom. The van der Waals surface area contributed by atoms with E-state index in [9.17, 15) is 0 Å². The lowest BCUT2D eigenvalue weighted by Crippen LogP contribution is -2.23. The molecule has 1 saturated carbocycles. The van der Waals surface area contributed by atoms with Crippen molar-refractivity contribution in [3.63, 3.8) is 0 Å². The van der Waals surface area contributed by atoms with Gasteiger partial charge in [-0.1, -0.05) is 5.16 Å². The lowest BCUT2D eigenvalue weighted by molar-refractivity contribution is 0.184. The van der Waals surface area contributed by atoms with Crippen molar-refractivity contribution in [1.29, 1.82) is 0 Å². The third-order valence-electron chi connectivity index (χ3n) is 4.28. The number of aromatic nitrogens is 3. The van der Waals surface area contributed by atoms with Gasteiger partial charge in [0.2, 0.25) is 5.89 Å². The highest BCUT2D eigenvalue weighted by atomic mass is 32.1. The molecule has 2 fully saturated rings. The number of nitrogens with zero attached hydrogens (tertiary/aromatic N) is 4. The smallest absolute Gasteiger partial charge is 0.229 e. The van der Waals surface area contributed by atoms with E-state index in [0.717, 1.165) is 41.9 Å². The molecule has 2 aliphatic rings. The van der Waals surface area contributed by atoms with Crippen molar-refractivity contribution in [3.05, 3.63) is 27.8 Å². The molecular weight excluding hydrogens is 300 g/mol. The summed E-state index contributed by atoms with van der Waals surface area (Å²) in [7, 11) is 1.70. The van der Waals surface area contributed by atoms with Crippen LogP contribution in [0.25, 0.3) is 0 Å². The average Bonchev–Trinajstić information content (AvgIpc) is 2.92. The van der Waals surface area contributed by atoms with E-state index < -0.39 is 0 Å². The lowest BCUT2D eigenvalue weighted by Gasteiger charge is -2.20. The summed E-state index contributed by atoms with van der Waals surface area (Å²) in [6, 6.07) is 0.267. The highest BCUT2D eigenvalue weighted by Gasteiger charge is 2.34. The molecule has 1 aliphatic heterocycles. The van der Waals surface area contributed by atoms with Gasteiger partial charge in [0.05, 0.1) is 18.3 Å². The van der Waals surface area contributed by atoms with Crippen LogP contribution in [0.4, 0.5) is 0 Å². The molecule has 0 unspecified atom stereocenters. The molecule has 1 saturated heterocycles. The maximum atomic E-state index is 5.42. The van der Waals surface area contributed by atoms with Crippen LogP contribution in [-0.4, -0.2) is 33.7 Å². The minimum atomic E-state index is 0.267. The first-order valence-corrected chi connectivity index (χ1v) is 8.71. The van der Waals surface area contributed by atoms with E-state index in [4.69, 9.17) is 9.26 Å². The van der Waals surface area contributed by atoms with Gasteiger partial charge in [-0.2, -0.15) is 4.98 Å². The summed E-state index contributed by atoms with van der Waals surface area (Å²) in [4.78, 5) is 11.7. The van der Waals surface area contributed by atoms with E-state index in [0.29, 0.717) is 12.5 Å². The monoisotopic (exact) mass is 320 g/mol. The van der Waals surface area contributed by atoms with Gasteiger partial charge in [-0.25, -0.2) is 4.98 Å². The Bertz CT molecular complexity index is 637. The normalized spacial score (nSPS) is 22.5. The number of likely N-dealkylation sites (tertiary alicyclic amines) is 1. The van der Waals surface area contributed by atoms with Gasteiger partial charge in [-0.05, 0) is 32.2 Å². The predicted octanol–water partition coefficient (Wildman–Crippen LogP) is 2.89. The summed E-state index contributed by atoms with van der Waals surface area (Å²) >= 11 is 1.66. The summed E-state index contributed by atoms with van der Waals surface area (Å²) < 4.78 is 10.6. The van der Waals surface area contributed by atoms with Gasteiger partial charge in [-0.3, -0.25) is 4.90 Å². The van der Waals surface area contributed by atoms with Crippen LogP contribution < -0.4 is 0 Å². The summed E-state index contributed by atoms with van der Waals surface area (Å²) in [6.45, 7) is 2.50. The van der Waals surface area contributed by atoms with E-state index in [1.807, 2.05) is 0 Å². The topological polar surface area (TPSA) is 64.3 Å². The summed E-state index contributed by atoms with van der Waals surface area (Å²) in [6.07, 6.45) is 4.65. The van der Waals surface area contributed by atoms with Gasteiger partial charge in [0.25, 0.3) is 0 Å². The van der Waals surface area contributed by atoms with Crippen LogP contribution in [-0.2, 0) is 17.9 Å². The molecule has 0 radical (unpaired) electrons. The van der Waals surface area contributed by atoms with Crippen LogP contribution in [0, 0.1) is 0 Å². The maximum Gasteiger partial charge on any atom is 0.229 e. The Morgan fingerprint density at radius 3 is 3.09 bits per heavy atom. The average molecular weight is 320 g/mol. The standard InChI is InChI=1S/C15H20N4O2S/c1-20-8-13-16-11(9-22-13)7-19-6-2-3-12(19)14-17-15(21-18-14)10-4-5-10/h9-10,12H,2-8H2,1H3/t12-/m1/s1. The second-order valence-corrected chi connectivity index (χ2v) is 7.00. The molecule has 0 amide bonds. The Morgan fingerprint density at radius 2 is 2.27 bits per heavy atom. The van der Waals surface area contributed by atoms with Crippen LogP contribution in [0.15, 0.2) is 9.90 Å². The molecule has 6 nitrogen and oxygen atoms in total. The van der Waals surface area contributed by atoms with Crippen molar-refractivity contribution < 1.29 is 9.26 Å². The van der Waals surface area contributed by atoms with Crippen molar-refractivity contribution >= 4 is 11.3 Å². The van der Waals surface area contributed by atoms with Gasteiger partial charge >= 0.3 is 0 Å². The van der Waals surface area contributed by atoms with Crippen LogP contribution >= 0.6 is 11.3 Å². The first-order valence-electron chi connectivity index (χ1n) is 7.83. The van der Waals surface area contributed by atoms with Gasteiger partial charge in [0.15, 0.2) is 5.82 Å². The van der Waals surface area contributed by atoms with Crippen molar-refractivity contribution in [2.24, 2.45) is 0 Å². The molecular formula is C15H20N4O2S. The zero-order valence-corrected chi connectivity index (χ0v) is 13.5. The van der Waals surface area contributed by atoms with Crippen molar-refractivity contribution in [2.75, 3.05) is 13.7 Å². The maximum absolute atomic E-state index is 5.42. The highest BCUT2D eigenvalue weighted by Crippen LogP contribution is 2.40. The number of ether oxygens (including phenoxy) is 1. The van der Waals surface area contributed by atoms with E-state index in [-0.39, 0.29) is 6.04 Å². The molecule has 1 atom stereocenters. The Labute approximate surface area is 133 Å². The predicted molar refractivity (Wildman–Crippen MR) is 81.5 cm³/mol. The second kappa shape index (κ2) is 6.06. The molecule has 1 aliphatic carbocycles. The fourth-order valence-corrected chi connectivity index (χ4v) is 3.76. The minimum absolute atomic E-state index is 0.267. The Kier molecular flexibility index (Phi) is 3.94. The minimum Gasteiger partial charge on any atom is -0.378 e. The van der Waals surface area contributed by atoms with Crippen molar-refractivity contribution in [1.82, 2.24) is 20.0 Å². The van der Waals surface area contributed by atoms with Gasteiger partial charge in [0, 0.05) is 25.0 Å². The summed E-state index contributed by atoms with van der Waals surface area (Å²) in [5.41, 5.74) is 1.11. The molecule has 2 aromatic heterocycles. The number of hydrogen-bond acceptors (Lipinski definition) is 7. The van der Waals surface area contributed by atoms with Crippen LogP contribution in [0.2, 0.25) is 0 Å². The summed E-state index contributed by atoms with van der Waals surface area (Å²) in [5.74, 6) is 2.20. The van der Waals surface area contributed by atoms with Crippen LogP contribution in [0.5, 0.6) is 0 Å². The number of methoxy groups -OCH3 is 1. The molecule has 0 bridgehead atoms. The van der Waals surface area contributed by atoms with Crippen molar-refractivity contribution in [2.45, 2.75) is 50.8 Å². The van der Waals surface area contributed by atoms with E-state index in [1.54, 1.807) is 18.4 Å². The first-order chi connectivity index (χ1) is 10.8. The number of hydrogen-bond donors (Lipinski definition) is 0. The van der Waals surface area contributed by atoms with Gasteiger partial charge < -0.3 is 9.26 Å². The molecule has 2 aromatic rings. The zero-order chi connectivity index (χ0) is 14.9. The molecule has 22 heavy (non-hydrogen) atoms. The van der Waals surface area contributed by atoms with Gasteiger partial charge in [-0.15, -0.1) is 11.3 Å². The highest BCUT2D eigenvalue weighted by molar-refractivity contribution is 7.09. The quantitative estimate of drug-likeness (QED) is 0.815. The van der Waals surface area contributed by atoms with Crippen LogP contribution in [0.3, 0.4) is 0 Å². The van der Waals surface area contributed by atoms with Crippen molar-refractivity contribution in [3.8, 4) is 0 Å². The SMILES string of the molecule is COCc1nc(CN2CCC[C@@H]2c2noc(C3CC3)n2)cs1. The lowest BCUT2D eigenvalue weighted by atomic mass is 10.2. The first kappa shape index (κ1) is 14.3. The fourth-order valence-electron chi connectivity index (χ4n) is 3.01. The Hall–Kier alpha value is -1.31. The largest absolute Gasteiger partial charge is 0.378 e. The van der Waals surface area contributed by atoms with Gasteiger partial charge in [0.1, 0.15) is 5.01 Å². The van der Waals surface area contributed by atoms with E-state index in [2.05, 4.69) is 25.4 Å². The molecule has 7 heteroatoms.